The van der Waals surface area contributed by atoms with Crippen LogP contribution in [0.25, 0.3) is 0 Å². The number of nitrogens with zero attached hydrogens (tertiary/aromatic N) is 1. The number of carboxylic acids is 1. The van der Waals surface area contributed by atoms with Crippen LogP contribution >= 0.6 is 0 Å². The molecular weight excluding hydrogens is 270 g/mol. The molecule has 0 bridgehead atoms. The van der Waals surface area contributed by atoms with E-state index >= 15 is 0 Å². The highest BCUT2D eigenvalue weighted by Crippen LogP contribution is 2.22. The lowest BCUT2D eigenvalue weighted by Gasteiger charge is -2.10. The van der Waals surface area contributed by atoms with Crippen LogP contribution in [0.2, 0.25) is 0 Å². The first-order chi connectivity index (χ1) is 10.1. The first-order valence-corrected chi connectivity index (χ1v) is 6.17. The van der Waals surface area contributed by atoms with Crippen molar-refractivity contribution in [3.8, 4) is 17.6 Å². The van der Waals surface area contributed by atoms with E-state index in [-0.39, 0.29) is 12.2 Å². The molecule has 0 spiro atoms. The summed E-state index contributed by atoms with van der Waals surface area (Å²) in [5.74, 6) is 0.200. The Bertz CT molecular complexity index is 686. The maximum Gasteiger partial charge on any atom is 0.335 e. The molecule has 0 amide bonds. The highest BCUT2D eigenvalue weighted by Gasteiger charge is 2.07. The molecule has 0 heterocycles. The second kappa shape index (κ2) is 6.44. The fourth-order valence-corrected chi connectivity index (χ4v) is 1.82. The van der Waals surface area contributed by atoms with E-state index in [0.717, 1.165) is 5.56 Å². The molecule has 2 aromatic rings. The Hall–Kier alpha value is -3.00. The summed E-state index contributed by atoms with van der Waals surface area (Å²) in [6, 6.07) is 13.3. The van der Waals surface area contributed by atoms with Crippen LogP contribution in [0.3, 0.4) is 0 Å². The number of benzene rings is 2. The van der Waals surface area contributed by atoms with Gasteiger partial charge in [0.1, 0.15) is 18.1 Å². The Balaban J connectivity index is 2.12. The number of aromatic carboxylic acids is 1. The first kappa shape index (κ1) is 14.4. The van der Waals surface area contributed by atoms with Crippen LogP contribution in [-0.4, -0.2) is 18.2 Å². The van der Waals surface area contributed by atoms with Gasteiger partial charge in [0.05, 0.1) is 24.3 Å². The zero-order valence-electron chi connectivity index (χ0n) is 11.4. The number of hydrogen-bond acceptors (Lipinski definition) is 4. The van der Waals surface area contributed by atoms with Gasteiger partial charge in [-0.2, -0.15) is 5.26 Å². The second-order valence-corrected chi connectivity index (χ2v) is 4.26. The monoisotopic (exact) mass is 283 g/mol. The molecule has 0 aromatic heterocycles. The van der Waals surface area contributed by atoms with Gasteiger partial charge >= 0.3 is 5.97 Å². The Kier molecular flexibility index (Phi) is 4.42. The van der Waals surface area contributed by atoms with Gasteiger partial charge in [-0.25, -0.2) is 4.79 Å². The summed E-state index contributed by atoms with van der Waals surface area (Å²) in [6.45, 7) is 0.227. The molecule has 0 aliphatic carbocycles. The zero-order valence-corrected chi connectivity index (χ0v) is 11.4. The molecule has 2 rings (SSSR count). The van der Waals surface area contributed by atoms with E-state index in [4.69, 9.17) is 19.8 Å². The molecule has 0 aliphatic rings. The van der Waals surface area contributed by atoms with Gasteiger partial charge in [0.25, 0.3) is 0 Å². The van der Waals surface area contributed by atoms with Crippen molar-refractivity contribution in [3.63, 3.8) is 0 Å². The molecule has 106 valence electrons. The van der Waals surface area contributed by atoms with Crippen molar-refractivity contribution in [1.29, 1.82) is 5.26 Å². The molecule has 0 saturated carbocycles. The molecule has 5 nitrogen and oxygen atoms in total. The summed E-state index contributed by atoms with van der Waals surface area (Å²) in [4.78, 5) is 10.8. The molecule has 0 saturated heterocycles. The molecule has 0 unspecified atom stereocenters. The summed E-state index contributed by atoms with van der Waals surface area (Å²) in [7, 11) is 1.55. The predicted molar refractivity (Wildman–Crippen MR) is 75.4 cm³/mol. The van der Waals surface area contributed by atoms with Gasteiger partial charge in [-0.3, -0.25) is 0 Å². The fourth-order valence-electron chi connectivity index (χ4n) is 1.82. The van der Waals surface area contributed by atoms with Crippen LogP contribution in [0.15, 0.2) is 42.5 Å². The molecule has 0 radical (unpaired) electrons. The molecule has 5 heteroatoms. The summed E-state index contributed by atoms with van der Waals surface area (Å²) in [6.07, 6.45) is 0. The third kappa shape index (κ3) is 3.51. The molecule has 0 aliphatic heterocycles. The normalized spacial score (nSPS) is 9.71. The average Bonchev–Trinajstić information content (AvgIpc) is 2.52. The highest BCUT2D eigenvalue weighted by atomic mass is 16.5. The van der Waals surface area contributed by atoms with Gasteiger partial charge in [0.15, 0.2) is 0 Å². The van der Waals surface area contributed by atoms with E-state index in [2.05, 4.69) is 6.07 Å². The Morgan fingerprint density at radius 3 is 2.52 bits per heavy atom. The lowest BCUT2D eigenvalue weighted by atomic mass is 10.1. The largest absolute Gasteiger partial charge is 0.496 e. The number of methoxy groups -OCH3 is 1. The van der Waals surface area contributed by atoms with Gasteiger partial charge in [0.2, 0.25) is 0 Å². The standard InChI is InChI=1S/C16H13NO4/c1-20-15-7-2-11(9-17)8-13(15)10-21-14-5-3-12(4-6-14)16(18)19/h2-8H,10H2,1H3,(H,18,19). The quantitative estimate of drug-likeness (QED) is 0.912. The van der Waals surface area contributed by atoms with Crippen LogP contribution in [-0.2, 0) is 6.61 Å². The van der Waals surface area contributed by atoms with Gasteiger partial charge in [-0.15, -0.1) is 0 Å². The number of carboxylic acid groups (broad SMARTS) is 1. The minimum absolute atomic E-state index is 0.200. The first-order valence-electron chi connectivity index (χ1n) is 6.17. The number of ether oxygens (including phenoxy) is 2. The van der Waals surface area contributed by atoms with Crippen LogP contribution in [0.4, 0.5) is 0 Å². The van der Waals surface area contributed by atoms with Crippen LogP contribution < -0.4 is 9.47 Å². The topological polar surface area (TPSA) is 79.5 Å². The summed E-state index contributed by atoms with van der Waals surface area (Å²) >= 11 is 0. The minimum atomic E-state index is -0.982. The van der Waals surface area contributed by atoms with Crippen LogP contribution in [0.5, 0.6) is 11.5 Å². The Morgan fingerprint density at radius 1 is 1.24 bits per heavy atom. The average molecular weight is 283 g/mol. The molecule has 0 atom stereocenters. The van der Waals surface area contributed by atoms with Crippen molar-refractivity contribution in [1.82, 2.24) is 0 Å². The van der Waals surface area contributed by atoms with Gasteiger partial charge in [-0.1, -0.05) is 0 Å². The van der Waals surface area contributed by atoms with Crippen LogP contribution in [0, 0.1) is 11.3 Å². The summed E-state index contributed by atoms with van der Waals surface area (Å²) in [5.41, 5.74) is 1.47. The zero-order chi connectivity index (χ0) is 15.2. The van der Waals surface area contributed by atoms with Crippen molar-refractivity contribution in [2.24, 2.45) is 0 Å². The summed E-state index contributed by atoms with van der Waals surface area (Å²) in [5, 5.41) is 17.7. The van der Waals surface area contributed by atoms with Gasteiger partial charge < -0.3 is 14.6 Å². The highest BCUT2D eigenvalue weighted by molar-refractivity contribution is 5.87. The molecule has 21 heavy (non-hydrogen) atoms. The SMILES string of the molecule is COc1ccc(C#N)cc1COc1ccc(C(=O)O)cc1. The van der Waals surface area contributed by atoms with Crippen molar-refractivity contribution in [2.75, 3.05) is 7.11 Å². The van der Waals surface area contributed by atoms with E-state index in [0.29, 0.717) is 17.1 Å². The van der Waals surface area contributed by atoms with E-state index in [1.807, 2.05) is 0 Å². The van der Waals surface area contributed by atoms with Crippen LogP contribution in [0.1, 0.15) is 21.5 Å². The third-order valence-corrected chi connectivity index (χ3v) is 2.91. The smallest absolute Gasteiger partial charge is 0.335 e. The van der Waals surface area contributed by atoms with E-state index in [1.165, 1.54) is 12.1 Å². The van der Waals surface area contributed by atoms with Crippen molar-refractivity contribution >= 4 is 5.97 Å². The number of rotatable bonds is 5. The van der Waals surface area contributed by atoms with Gasteiger partial charge in [0, 0.05) is 5.56 Å². The minimum Gasteiger partial charge on any atom is -0.496 e. The maximum absolute atomic E-state index is 10.8. The molecule has 1 N–H and O–H groups in total. The number of nitriles is 1. The van der Waals surface area contributed by atoms with Crippen molar-refractivity contribution in [3.05, 3.63) is 59.2 Å². The van der Waals surface area contributed by atoms with E-state index in [9.17, 15) is 4.79 Å². The van der Waals surface area contributed by atoms with E-state index < -0.39 is 5.97 Å². The van der Waals surface area contributed by atoms with Crippen molar-refractivity contribution in [2.45, 2.75) is 6.61 Å². The molecule has 2 aromatic carbocycles. The Morgan fingerprint density at radius 2 is 1.95 bits per heavy atom. The third-order valence-electron chi connectivity index (χ3n) is 2.91. The molecule has 0 fully saturated rings. The van der Waals surface area contributed by atoms with Gasteiger partial charge in [-0.05, 0) is 42.5 Å². The lowest BCUT2D eigenvalue weighted by Crippen LogP contribution is -2.00. The van der Waals surface area contributed by atoms with E-state index in [1.54, 1.807) is 37.4 Å². The van der Waals surface area contributed by atoms with Crippen molar-refractivity contribution < 1.29 is 19.4 Å². The predicted octanol–water partition coefficient (Wildman–Crippen LogP) is 2.84. The lowest BCUT2D eigenvalue weighted by molar-refractivity contribution is 0.0697. The Labute approximate surface area is 122 Å². The number of carbonyl (C=O) groups is 1. The fraction of sp³-hybridized carbons (Fsp3) is 0.125. The second-order valence-electron chi connectivity index (χ2n) is 4.26. The number of hydrogen-bond donors (Lipinski definition) is 1. The summed E-state index contributed by atoms with van der Waals surface area (Å²) < 4.78 is 10.8. The maximum atomic E-state index is 10.8. The molecular formula is C16H13NO4.